The van der Waals surface area contributed by atoms with Gasteiger partial charge >= 0.3 is 0 Å². The minimum absolute atomic E-state index is 0.285. The maximum atomic E-state index is 11.6. The van der Waals surface area contributed by atoms with E-state index in [1.807, 2.05) is 12.1 Å². The molecule has 2 heterocycles. The highest BCUT2D eigenvalue weighted by atomic mass is 16.1. The van der Waals surface area contributed by atoms with Crippen LogP contribution in [0.4, 0.5) is 0 Å². The van der Waals surface area contributed by atoms with Gasteiger partial charge in [0.1, 0.15) is 11.3 Å². The number of hydrogen-bond donors (Lipinski definition) is 3. The topological polar surface area (TPSA) is 83.8 Å². The van der Waals surface area contributed by atoms with E-state index in [1.165, 1.54) is 11.1 Å². The molecule has 5 heteroatoms. The molecule has 122 valence electrons. The van der Waals surface area contributed by atoms with Crippen molar-refractivity contribution in [1.29, 1.82) is 0 Å². The van der Waals surface area contributed by atoms with Gasteiger partial charge in [-0.3, -0.25) is 4.79 Å². The molecular weight excluding hydrogens is 300 g/mol. The highest BCUT2D eigenvalue weighted by molar-refractivity contribution is 6.04. The van der Waals surface area contributed by atoms with Crippen LogP contribution in [-0.2, 0) is 18.5 Å². The van der Waals surface area contributed by atoms with Crippen molar-refractivity contribution in [2.24, 2.45) is 5.73 Å². The van der Waals surface area contributed by atoms with Crippen molar-refractivity contribution in [2.75, 3.05) is 0 Å². The quantitative estimate of drug-likeness (QED) is 0.678. The lowest BCUT2D eigenvalue weighted by atomic mass is 9.93. The van der Waals surface area contributed by atoms with Crippen molar-refractivity contribution in [3.05, 3.63) is 65.0 Å². The number of nitrogens with one attached hydrogen (secondary N) is 2. The van der Waals surface area contributed by atoms with Gasteiger partial charge in [0, 0.05) is 6.54 Å². The van der Waals surface area contributed by atoms with Crippen molar-refractivity contribution in [3.63, 3.8) is 0 Å². The smallest absolute Gasteiger partial charge is 0.250 e. The molecular formula is C19H20N4O. The molecule has 1 aliphatic heterocycles. The van der Waals surface area contributed by atoms with Gasteiger partial charge in [0.15, 0.2) is 0 Å². The Labute approximate surface area is 140 Å². The molecule has 1 amide bonds. The number of amides is 1. The fourth-order valence-corrected chi connectivity index (χ4v) is 3.43. The lowest BCUT2D eigenvalue weighted by molar-refractivity contribution is 0.100. The Bertz CT molecular complexity index is 901. The highest BCUT2D eigenvalue weighted by Crippen LogP contribution is 2.31. The normalized spacial score (nSPS) is 20.5. The number of carbonyl (C=O) groups excluding carboxylic acids is 1. The molecule has 0 saturated carbocycles. The molecule has 1 unspecified atom stereocenters. The number of nitrogens with zero attached hydrogens (tertiary/aromatic N) is 1. The van der Waals surface area contributed by atoms with Crippen LogP contribution in [0.2, 0.25) is 0 Å². The van der Waals surface area contributed by atoms with E-state index in [4.69, 9.17) is 10.7 Å². The lowest BCUT2D eigenvalue weighted by Gasteiger charge is -2.27. The summed E-state index contributed by atoms with van der Waals surface area (Å²) < 4.78 is 0. The third-order valence-electron chi connectivity index (χ3n) is 4.98. The van der Waals surface area contributed by atoms with Gasteiger partial charge in [0.25, 0.3) is 5.91 Å². The second kappa shape index (κ2) is 5.46. The van der Waals surface area contributed by atoms with E-state index < -0.39 is 5.91 Å². The third-order valence-corrected chi connectivity index (χ3v) is 4.98. The summed E-state index contributed by atoms with van der Waals surface area (Å²) in [6.45, 7) is 2.95. The minimum Gasteiger partial charge on any atom is -0.366 e. The molecule has 2 aromatic carbocycles. The summed E-state index contributed by atoms with van der Waals surface area (Å²) in [5.41, 5.74) is 9.83. The van der Waals surface area contributed by atoms with Crippen LogP contribution >= 0.6 is 0 Å². The molecule has 24 heavy (non-hydrogen) atoms. The molecule has 1 aromatic heterocycles. The van der Waals surface area contributed by atoms with Crippen LogP contribution in [0.5, 0.6) is 0 Å². The third kappa shape index (κ3) is 2.37. The van der Waals surface area contributed by atoms with Crippen LogP contribution in [0.25, 0.3) is 11.0 Å². The fraction of sp³-hybridized carbons (Fsp3) is 0.263. The average molecular weight is 320 g/mol. The zero-order chi connectivity index (χ0) is 16.7. The second-order valence-corrected chi connectivity index (χ2v) is 6.61. The molecule has 5 nitrogen and oxygen atoms in total. The number of benzene rings is 2. The number of fused-ring (bicyclic) bond motifs is 2. The minimum atomic E-state index is -0.454. The van der Waals surface area contributed by atoms with Crippen molar-refractivity contribution in [2.45, 2.75) is 31.8 Å². The van der Waals surface area contributed by atoms with E-state index >= 15 is 0 Å². The van der Waals surface area contributed by atoms with Gasteiger partial charge in [-0.05, 0) is 43.0 Å². The number of nitrogens with two attached hydrogens (primary N) is 1. The number of para-hydroxylation sites is 1. The van der Waals surface area contributed by atoms with Crippen molar-refractivity contribution in [1.82, 2.24) is 15.3 Å². The Kier molecular flexibility index (Phi) is 3.39. The van der Waals surface area contributed by atoms with Gasteiger partial charge in [0.2, 0.25) is 0 Å². The molecule has 4 rings (SSSR count). The molecule has 0 fully saturated rings. The van der Waals surface area contributed by atoms with Crippen molar-refractivity contribution in [3.8, 4) is 0 Å². The maximum Gasteiger partial charge on any atom is 0.250 e. The van der Waals surface area contributed by atoms with E-state index in [2.05, 4.69) is 41.5 Å². The standard InChI is InChI=1S/C19H20N4O/c1-19(10-9-12-5-2-3-6-13(12)11-21-19)18-22-15-8-4-7-14(17(20)24)16(15)23-18/h2-8,21H,9-11H2,1H3,(H2,20,24)(H,22,23). The number of rotatable bonds is 2. The maximum absolute atomic E-state index is 11.6. The highest BCUT2D eigenvalue weighted by Gasteiger charge is 2.32. The summed E-state index contributed by atoms with van der Waals surface area (Å²) in [4.78, 5) is 19.7. The number of hydrogen-bond acceptors (Lipinski definition) is 3. The molecule has 0 bridgehead atoms. The Balaban J connectivity index is 1.74. The summed E-state index contributed by atoms with van der Waals surface area (Å²) >= 11 is 0. The summed E-state index contributed by atoms with van der Waals surface area (Å²) in [7, 11) is 0. The van der Waals surface area contributed by atoms with Crippen LogP contribution in [0.1, 0.15) is 40.7 Å². The molecule has 1 atom stereocenters. The van der Waals surface area contributed by atoms with Crippen molar-refractivity contribution < 1.29 is 4.79 Å². The molecule has 0 spiro atoms. The van der Waals surface area contributed by atoms with E-state index in [9.17, 15) is 4.79 Å². The number of H-pyrrole nitrogens is 1. The summed E-state index contributed by atoms with van der Waals surface area (Å²) in [5.74, 6) is 0.393. The van der Waals surface area contributed by atoms with E-state index in [0.29, 0.717) is 11.1 Å². The van der Waals surface area contributed by atoms with Crippen LogP contribution in [0.15, 0.2) is 42.5 Å². The molecule has 0 radical (unpaired) electrons. The first-order chi connectivity index (χ1) is 11.6. The Morgan fingerprint density at radius 2 is 1.96 bits per heavy atom. The van der Waals surface area contributed by atoms with Crippen molar-refractivity contribution >= 4 is 16.9 Å². The number of imidazole rings is 1. The van der Waals surface area contributed by atoms with Gasteiger partial charge in [-0.1, -0.05) is 30.3 Å². The Hall–Kier alpha value is -2.66. The zero-order valence-corrected chi connectivity index (χ0v) is 13.6. The summed E-state index contributed by atoms with van der Waals surface area (Å²) in [6, 6.07) is 14.0. The van der Waals surface area contributed by atoms with Crippen LogP contribution in [0.3, 0.4) is 0 Å². The molecule has 0 saturated heterocycles. The molecule has 4 N–H and O–H groups in total. The molecule has 0 aliphatic carbocycles. The summed E-state index contributed by atoms with van der Waals surface area (Å²) in [6.07, 6.45) is 1.91. The molecule has 1 aliphatic rings. The average Bonchev–Trinajstić information content (AvgIpc) is 2.95. The number of carbonyl (C=O) groups is 1. The Morgan fingerprint density at radius 1 is 1.17 bits per heavy atom. The number of aromatic amines is 1. The van der Waals surface area contributed by atoms with Gasteiger partial charge in [-0.2, -0.15) is 0 Å². The van der Waals surface area contributed by atoms with Gasteiger partial charge in [-0.25, -0.2) is 4.98 Å². The Morgan fingerprint density at radius 3 is 2.75 bits per heavy atom. The summed E-state index contributed by atoms with van der Waals surface area (Å²) in [5, 5.41) is 3.63. The predicted octanol–water partition coefficient (Wildman–Crippen LogP) is 2.61. The zero-order valence-electron chi connectivity index (χ0n) is 13.6. The van der Waals surface area contributed by atoms with Crippen LogP contribution in [-0.4, -0.2) is 15.9 Å². The number of aromatic nitrogens is 2. The monoisotopic (exact) mass is 320 g/mol. The van der Waals surface area contributed by atoms with Gasteiger partial charge in [0.05, 0.1) is 16.6 Å². The lowest BCUT2D eigenvalue weighted by Crippen LogP contribution is -2.39. The van der Waals surface area contributed by atoms with E-state index in [1.54, 1.807) is 6.07 Å². The van der Waals surface area contributed by atoms with Gasteiger partial charge < -0.3 is 16.0 Å². The van der Waals surface area contributed by atoms with E-state index in [-0.39, 0.29) is 5.54 Å². The van der Waals surface area contributed by atoms with Gasteiger partial charge in [-0.15, -0.1) is 0 Å². The van der Waals surface area contributed by atoms with Crippen LogP contribution < -0.4 is 11.1 Å². The fourth-order valence-electron chi connectivity index (χ4n) is 3.43. The number of aryl methyl sites for hydroxylation is 1. The SMILES string of the molecule is CC1(c2nc3c(C(N)=O)cccc3[nH]2)CCc2ccccc2CN1. The van der Waals surface area contributed by atoms with E-state index in [0.717, 1.165) is 30.7 Å². The van der Waals surface area contributed by atoms with Crippen LogP contribution in [0, 0.1) is 0 Å². The second-order valence-electron chi connectivity index (χ2n) is 6.61. The first-order valence-electron chi connectivity index (χ1n) is 8.18. The largest absolute Gasteiger partial charge is 0.366 e. The first-order valence-corrected chi connectivity index (χ1v) is 8.18. The number of primary amides is 1. The molecule has 3 aromatic rings. The predicted molar refractivity (Wildman–Crippen MR) is 93.6 cm³/mol. The first kappa shape index (κ1) is 14.9.